The van der Waals surface area contributed by atoms with E-state index in [2.05, 4.69) is 12.0 Å². The zero-order chi connectivity index (χ0) is 22.3. The summed E-state index contributed by atoms with van der Waals surface area (Å²) in [6.07, 6.45) is 3.63. The Bertz CT molecular complexity index is 992. The fourth-order valence-electron chi connectivity index (χ4n) is 3.30. The molecular weight excluding hydrogens is 382 g/mol. The Labute approximate surface area is 177 Å². The molecule has 0 bridgehead atoms. The van der Waals surface area contributed by atoms with Gasteiger partial charge in [-0.2, -0.15) is 9.78 Å². The third-order valence-electron chi connectivity index (χ3n) is 4.55. The minimum atomic E-state index is -0.623. The van der Waals surface area contributed by atoms with E-state index in [4.69, 9.17) is 9.47 Å². The lowest BCUT2D eigenvalue weighted by atomic mass is 9.98. The molecular formula is C23H31N3O4. The normalized spacial score (nSPS) is 17.6. The van der Waals surface area contributed by atoms with E-state index in [9.17, 15) is 9.59 Å². The Morgan fingerprint density at radius 2 is 1.67 bits per heavy atom. The number of hydrogen-bond donors (Lipinski definition) is 0. The van der Waals surface area contributed by atoms with Crippen LogP contribution in [0.4, 0.5) is 9.59 Å². The fourth-order valence-corrected chi connectivity index (χ4v) is 3.30. The summed E-state index contributed by atoms with van der Waals surface area (Å²) < 4.78 is 12.3. The first-order valence-electron chi connectivity index (χ1n) is 10.3. The molecule has 0 spiro atoms. The summed E-state index contributed by atoms with van der Waals surface area (Å²) in [7, 11) is 0. The number of carbonyl (C=O) groups excluding carboxylic acids is 2. The van der Waals surface area contributed by atoms with E-state index in [1.54, 1.807) is 11.1 Å². The Morgan fingerprint density at radius 1 is 1.03 bits per heavy atom. The standard InChI is InChI=1S/C23H31N3O4/c1-15-8-11-18(25(14-15)20(27)29-22(2,3)4)16-9-10-17-13-24-26(19(17)12-16)21(28)30-23(5,6)7/h9-13,15H,8,14H2,1-7H3. The van der Waals surface area contributed by atoms with Crippen molar-refractivity contribution in [2.75, 3.05) is 6.54 Å². The zero-order valence-corrected chi connectivity index (χ0v) is 18.9. The number of allylic oxidation sites excluding steroid dienone is 1. The maximum absolute atomic E-state index is 12.9. The molecule has 0 N–H and O–H groups in total. The molecule has 0 fully saturated rings. The third-order valence-corrected chi connectivity index (χ3v) is 4.55. The van der Waals surface area contributed by atoms with Crippen LogP contribution in [-0.2, 0) is 9.47 Å². The van der Waals surface area contributed by atoms with Gasteiger partial charge in [-0.15, -0.1) is 0 Å². The molecule has 2 aromatic rings. The van der Waals surface area contributed by atoms with Crippen molar-refractivity contribution in [1.29, 1.82) is 0 Å². The van der Waals surface area contributed by atoms with Crippen molar-refractivity contribution in [3.05, 3.63) is 36.0 Å². The maximum atomic E-state index is 12.9. The van der Waals surface area contributed by atoms with Crippen molar-refractivity contribution in [2.45, 2.75) is 66.1 Å². The quantitative estimate of drug-likeness (QED) is 0.623. The predicted octanol–water partition coefficient (Wildman–Crippen LogP) is 5.44. The van der Waals surface area contributed by atoms with Crippen molar-refractivity contribution in [3.63, 3.8) is 0 Å². The third kappa shape index (κ3) is 5.01. The number of rotatable bonds is 1. The van der Waals surface area contributed by atoms with Crippen LogP contribution in [0, 0.1) is 5.92 Å². The molecule has 7 heteroatoms. The topological polar surface area (TPSA) is 73.7 Å². The summed E-state index contributed by atoms with van der Waals surface area (Å²) in [5.74, 6) is 0.331. The summed E-state index contributed by atoms with van der Waals surface area (Å²) >= 11 is 0. The van der Waals surface area contributed by atoms with Crippen LogP contribution in [0.2, 0.25) is 0 Å². The Hall–Kier alpha value is -2.83. The minimum Gasteiger partial charge on any atom is -0.443 e. The lowest BCUT2D eigenvalue weighted by molar-refractivity contribution is 0.0326. The van der Waals surface area contributed by atoms with Crippen molar-refractivity contribution in [2.24, 2.45) is 5.92 Å². The highest BCUT2D eigenvalue weighted by atomic mass is 16.6. The lowest BCUT2D eigenvalue weighted by Crippen LogP contribution is -2.39. The molecule has 1 aromatic carbocycles. The van der Waals surface area contributed by atoms with Gasteiger partial charge in [0.25, 0.3) is 0 Å². The first kappa shape index (κ1) is 21.9. The monoisotopic (exact) mass is 413 g/mol. The number of aromatic nitrogens is 2. The van der Waals surface area contributed by atoms with Crippen LogP contribution in [0.5, 0.6) is 0 Å². The average molecular weight is 414 g/mol. The molecule has 0 saturated carbocycles. The van der Waals surface area contributed by atoms with E-state index in [1.165, 1.54) is 4.68 Å². The molecule has 1 unspecified atom stereocenters. The summed E-state index contributed by atoms with van der Waals surface area (Å²) in [5.41, 5.74) is 1.03. The van der Waals surface area contributed by atoms with E-state index < -0.39 is 17.3 Å². The summed E-state index contributed by atoms with van der Waals surface area (Å²) in [4.78, 5) is 27.1. The van der Waals surface area contributed by atoms with Gasteiger partial charge in [-0.05, 0) is 59.9 Å². The van der Waals surface area contributed by atoms with Gasteiger partial charge in [0.05, 0.1) is 17.4 Å². The second-order valence-electron chi connectivity index (χ2n) is 9.83. The predicted molar refractivity (Wildman–Crippen MR) is 116 cm³/mol. The first-order valence-corrected chi connectivity index (χ1v) is 10.3. The van der Waals surface area contributed by atoms with Crippen molar-refractivity contribution >= 4 is 28.8 Å². The van der Waals surface area contributed by atoms with Gasteiger partial charge < -0.3 is 9.47 Å². The SMILES string of the molecule is CC1CC=C(c2ccc3cnn(C(=O)OC(C)(C)C)c3c2)N(C(=O)OC(C)(C)C)C1. The number of ether oxygens (including phenoxy) is 2. The van der Waals surface area contributed by atoms with Gasteiger partial charge in [-0.25, -0.2) is 9.59 Å². The van der Waals surface area contributed by atoms with Gasteiger partial charge in [-0.1, -0.05) is 25.1 Å². The Kier molecular flexibility index (Phi) is 5.67. The van der Waals surface area contributed by atoms with Crippen molar-refractivity contribution in [3.8, 4) is 0 Å². The number of nitrogens with zero attached hydrogens (tertiary/aromatic N) is 3. The molecule has 162 valence electrons. The molecule has 30 heavy (non-hydrogen) atoms. The van der Waals surface area contributed by atoms with Gasteiger partial charge in [0.15, 0.2) is 0 Å². The molecule has 0 aliphatic carbocycles. The number of fused-ring (bicyclic) bond motifs is 1. The molecule has 1 aliphatic rings. The first-order chi connectivity index (χ1) is 13.8. The van der Waals surface area contributed by atoms with Crippen LogP contribution in [0.15, 0.2) is 30.5 Å². The number of amides is 1. The van der Waals surface area contributed by atoms with Crippen LogP contribution >= 0.6 is 0 Å². The smallest absolute Gasteiger partial charge is 0.435 e. The second-order valence-corrected chi connectivity index (χ2v) is 9.83. The van der Waals surface area contributed by atoms with Crippen molar-refractivity contribution in [1.82, 2.24) is 14.7 Å². The number of benzene rings is 1. The highest BCUT2D eigenvalue weighted by Gasteiger charge is 2.30. The summed E-state index contributed by atoms with van der Waals surface area (Å²) in [5, 5.41) is 5.02. The largest absolute Gasteiger partial charge is 0.443 e. The lowest BCUT2D eigenvalue weighted by Gasteiger charge is -2.34. The fraction of sp³-hybridized carbons (Fsp3) is 0.522. The molecule has 1 aromatic heterocycles. The number of hydrogen-bond acceptors (Lipinski definition) is 5. The van der Waals surface area contributed by atoms with E-state index in [-0.39, 0.29) is 6.09 Å². The van der Waals surface area contributed by atoms with E-state index in [1.807, 2.05) is 65.8 Å². The van der Waals surface area contributed by atoms with Gasteiger partial charge in [0.1, 0.15) is 11.2 Å². The van der Waals surface area contributed by atoms with Gasteiger partial charge in [0.2, 0.25) is 0 Å². The Morgan fingerprint density at radius 3 is 2.30 bits per heavy atom. The van der Waals surface area contributed by atoms with Crippen LogP contribution in [0.3, 0.4) is 0 Å². The molecule has 1 aliphatic heterocycles. The van der Waals surface area contributed by atoms with Crippen LogP contribution in [-0.4, -0.2) is 44.6 Å². The Balaban J connectivity index is 1.99. The van der Waals surface area contributed by atoms with Crippen LogP contribution in [0.25, 0.3) is 16.6 Å². The molecule has 7 nitrogen and oxygen atoms in total. The molecule has 1 atom stereocenters. The second kappa shape index (κ2) is 7.78. The molecule has 0 saturated heterocycles. The van der Waals surface area contributed by atoms with Gasteiger partial charge >= 0.3 is 12.2 Å². The molecule has 2 heterocycles. The van der Waals surface area contributed by atoms with Crippen LogP contribution < -0.4 is 0 Å². The van der Waals surface area contributed by atoms with Gasteiger partial charge in [0, 0.05) is 17.5 Å². The van der Waals surface area contributed by atoms with Gasteiger partial charge in [-0.3, -0.25) is 4.90 Å². The highest BCUT2D eigenvalue weighted by Crippen LogP contribution is 2.31. The zero-order valence-electron chi connectivity index (χ0n) is 18.9. The molecule has 3 rings (SSSR count). The van der Waals surface area contributed by atoms with E-state index in [0.717, 1.165) is 23.1 Å². The maximum Gasteiger partial charge on any atom is 0.435 e. The molecule has 1 amide bonds. The van der Waals surface area contributed by atoms with Crippen LogP contribution in [0.1, 0.15) is 60.5 Å². The summed E-state index contributed by atoms with van der Waals surface area (Å²) in [6, 6.07) is 5.69. The summed E-state index contributed by atoms with van der Waals surface area (Å²) in [6.45, 7) is 13.7. The van der Waals surface area contributed by atoms with E-state index in [0.29, 0.717) is 18.0 Å². The van der Waals surface area contributed by atoms with E-state index >= 15 is 0 Å². The van der Waals surface area contributed by atoms with Crippen molar-refractivity contribution < 1.29 is 19.1 Å². The average Bonchev–Trinajstić information content (AvgIpc) is 3.02. The minimum absolute atomic E-state index is 0.331. The molecule has 0 radical (unpaired) electrons. The number of carbonyl (C=O) groups is 2. The highest BCUT2D eigenvalue weighted by molar-refractivity contribution is 5.91.